The maximum absolute atomic E-state index is 13.4. The molecular formula is C36H40N2O6. The van der Waals surface area contributed by atoms with Crippen molar-refractivity contribution in [2.75, 3.05) is 19.7 Å². The van der Waals surface area contributed by atoms with Crippen molar-refractivity contribution in [2.24, 2.45) is 5.92 Å². The second kappa shape index (κ2) is 15.7. The fraction of sp³-hybridized carbons (Fsp3) is 0.306. The van der Waals surface area contributed by atoms with Crippen LogP contribution in [0.3, 0.4) is 0 Å². The third-order valence-corrected chi connectivity index (χ3v) is 7.11. The number of aliphatic hydroxyl groups is 1. The first-order valence-electron chi connectivity index (χ1n) is 14.9. The molecule has 8 nitrogen and oxygen atoms in total. The van der Waals surface area contributed by atoms with Crippen LogP contribution < -0.4 is 5.32 Å². The van der Waals surface area contributed by atoms with E-state index in [0.29, 0.717) is 0 Å². The van der Waals surface area contributed by atoms with E-state index >= 15 is 0 Å². The van der Waals surface area contributed by atoms with Gasteiger partial charge in [-0.05, 0) is 51.9 Å². The van der Waals surface area contributed by atoms with Gasteiger partial charge in [0.2, 0.25) is 0 Å². The Hall–Kier alpha value is -4.69. The van der Waals surface area contributed by atoms with Crippen molar-refractivity contribution < 1.29 is 29.0 Å². The third-order valence-electron chi connectivity index (χ3n) is 7.11. The number of ether oxygens (including phenoxy) is 2. The molecule has 230 valence electrons. The Morgan fingerprint density at radius 2 is 1.41 bits per heavy atom. The van der Waals surface area contributed by atoms with Gasteiger partial charge in [0.05, 0.1) is 13.2 Å². The number of aliphatic hydroxyl groups excluding tert-OH is 1. The van der Waals surface area contributed by atoms with Gasteiger partial charge < -0.3 is 24.8 Å². The first-order chi connectivity index (χ1) is 21.2. The van der Waals surface area contributed by atoms with Crippen LogP contribution in [0.2, 0.25) is 0 Å². The summed E-state index contributed by atoms with van der Waals surface area (Å²) in [5.74, 6) is -1.35. The van der Waals surface area contributed by atoms with Gasteiger partial charge in [-0.3, -0.25) is 0 Å². The van der Waals surface area contributed by atoms with Gasteiger partial charge in [-0.15, -0.1) is 0 Å². The highest BCUT2D eigenvalue weighted by Crippen LogP contribution is 2.25. The molecule has 2 N–H and O–H groups in total. The third kappa shape index (κ3) is 9.15. The highest BCUT2D eigenvalue weighted by atomic mass is 16.5. The maximum atomic E-state index is 13.4. The van der Waals surface area contributed by atoms with Crippen LogP contribution in [0.25, 0.3) is 21.9 Å². The number of hydrogen-bond acceptors (Lipinski definition) is 6. The van der Waals surface area contributed by atoms with Crippen molar-refractivity contribution in [3.8, 4) is 11.1 Å². The Balaban J connectivity index is 1.43. The Bertz CT molecular complexity index is 1540. The Morgan fingerprint density at radius 1 is 0.750 bits per heavy atom. The lowest BCUT2D eigenvalue weighted by molar-refractivity contribution is -0.155. The minimum atomic E-state index is -1.55. The number of amides is 2. The van der Waals surface area contributed by atoms with Crippen LogP contribution in [0.5, 0.6) is 0 Å². The van der Waals surface area contributed by atoms with E-state index in [9.17, 15) is 19.5 Å². The number of rotatable bonds is 13. The van der Waals surface area contributed by atoms with Crippen LogP contribution >= 0.6 is 0 Å². The van der Waals surface area contributed by atoms with Crippen molar-refractivity contribution in [1.82, 2.24) is 10.2 Å². The van der Waals surface area contributed by atoms with Crippen molar-refractivity contribution in [3.05, 3.63) is 108 Å². The lowest BCUT2D eigenvalue weighted by Crippen LogP contribution is -2.52. The molecule has 2 amide bonds. The van der Waals surface area contributed by atoms with E-state index in [4.69, 9.17) is 9.47 Å². The van der Waals surface area contributed by atoms with E-state index < -0.39 is 30.1 Å². The number of urea groups is 1. The average Bonchev–Trinajstić information content (AvgIpc) is 3.03. The minimum absolute atomic E-state index is 0.0116. The molecule has 0 aromatic heterocycles. The molecular weight excluding hydrogens is 556 g/mol. The zero-order valence-corrected chi connectivity index (χ0v) is 25.4. The van der Waals surface area contributed by atoms with Crippen molar-refractivity contribution in [3.63, 3.8) is 0 Å². The minimum Gasteiger partial charge on any atom is -0.464 e. The number of carbonyl (C=O) groups excluding carboxylic acids is 3. The summed E-state index contributed by atoms with van der Waals surface area (Å²) in [5, 5.41) is 15.7. The molecule has 0 saturated heterocycles. The lowest BCUT2D eigenvalue weighted by Gasteiger charge is -2.28. The van der Waals surface area contributed by atoms with Gasteiger partial charge in [-0.2, -0.15) is 0 Å². The highest BCUT2D eigenvalue weighted by molar-refractivity contribution is 5.87. The molecule has 4 rings (SSSR count). The smallest absolute Gasteiger partial charge is 0.337 e. The molecule has 0 fully saturated rings. The Labute approximate surface area is 258 Å². The van der Waals surface area contributed by atoms with Gasteiger partial charge in [-0.1, -0.05) is 105 Å². The van der Waals surface area contributed by atoms with E-state index in [-0.39, 0.29) is 38.6 Å². The zero-order chi connectivity index (χ0) is 31.5. The fourth-order valence-corrected chi connectivity index (χ4v) is 4.90. The predicted molar refractivity (Wildman–Crippen MR) is 171 cm³/mol. The SMILES string of the molecule is CCOC(=O)[C@H](Cc1ccc(-c2ccc3ccccc3c2)cc1)NC(=O)N(CC(C)C)CC(O)C(=O)OCc1ccccc1. The van der Waals surface area contributed by atoms with Crippen molar-refractivity contribution in [2.45, 2.75) is 45.9 Å². The molecule has 0 aliphatic rings. The molecule has 1 unspecified atom stereocenters. The van der Waals surface area contributed by atoms with Gasteiger partial charge >= 0.3 is 18.0 Å². The van der Waals surface area contributed by atoms with E-state index in [2.05, 4.69) is 35.6 Å². The van der Waals surface area contributed by atoms with Crippen LogP contribution in [0.1, 0.15) is 31.9 Å². The average molecular weight is 597 g/mol. The van der Waals surface area contributed by atoms with Gasteiger partial charge in [0, 0.05) is 13.0 Å². The van der Waals surface area contributed by atoms with Crippen LogP contribution in [0.4, 0.5) is 4.79 Å². The molecule has 2 atom stereocenters. The molecule has 0 bridgehead atoms. The standard InChI is InChI=1S/C36H40N2O6/c1-4-43-34(40)32(20-26-14-16-29(17-15-26)31-19-18-28-12-8-9-13-30(28)21-31)37-36(42)38(22-25(2)3)23-33(39)35(41)44-24-27-10-6-5-7-11-27/h5-19,21,25,32-33,39H,4,20,22-24H2,1-3H3,(H,37,42)/t32-,33?/m0/s1. The highest BCUT2D eigenvalue weighted by Gasteiger charge is 2.29. The largest absolute Gasteiger partial charge is 0.464 e. The van der Waals surface area contributed by atoms with Crippen LogP contribution in [-0.4, -0.2) is 59.8 Å². The number of fused-ring (bicyclic) bond motifs is 1. The van der Waals surface area contributed by atoms with Crippen molar-refractivity contribution in [1.29, 1.82) is 0 Å². The van der Waals surface area contributed by atoms with Crippen LogP contribution in [-0.2, 0) is 32.1 Å². The van der Waals surface area contributed by atoms with Crippen molar-refractivity contribution >= 4 is 28.7 Å². The van der Waals surface area contributed by atoms with E-state index in [1.165, 1.54) is 10.3 Å². The van der Waals surface area contributed by atoms with E-state index in [0.717, 1.165) is 27.6 Å². The number of carbonyl (C=O) groups is 3. The topological polar surface area (TPSA) is 105 Å². The quantitative estimate of drug-likeness (QED) is 0.190. The maximum Gasteiger partial charge on any atom is 0.337 e. The summed E-state index contributed by atoms with van der Waals surface area (Å²) in [7, 11) is 0. The molecule has 4 aromatic carbocycles. The molecule has 4 aromatic rings. The summed E-state index contributed by atoms with van der Waals surface area (Å²) in [6.45, 7) is 5.68. The van der Waals surface area contributed by atoms with Crippen LogP contribution in [0, 0.1) is 5.92 Å². The molecule has 0 aliphatic heterocycles. The summed E-state index contributed by atoms with van der Waals surface area (Å²) in [5.41, 5.74) is 3.74. The lowest BCUT2D eigenvalue weighted by atomic mass is 9.98. The first-order valence-corrected chi connectivity index (χ1v) is 14.9. The summed E-state index contributed by atoms with van der Waals surface area (Å²) < 4.78 is 10.5. The molecule has 0 aliphatic carbocycles. The number of nitrogens with one attached hydrogen (secondary N) is 1. The molecule has 8 heteroatoms. The van der Waals surface area contributed by atoms with Crippen LogP contribution in [0.15, 0.2) is 97.1 Å². The number of hydrogen-bond donors (Lipinski definition) is 2. The van der Waals surface area contributed by atoms with Gasteiger partial charge in [-0.25, -0.2) is 14.4 Å². The van der Waals surface area contributed by atoms with Gasteiger partial charge in [0.15, 0.2) is 6.10 Å². The normalized spacial score (nSPS) is 12.4. The summed E-state index contributed by atoms with van der Waals surface area (Å²) in [6.07, 6.45) is -1.34. The molecule has 0 spiro atoms. The number of nitrogens with zero attached hydrogens (tertiary/aromatic N) is 1. The molecule has 44 heavy (non-hydrogen) atoms. The first kappa shape index (κ1) is 32.2. The zero-order valence-electron chi connectivity index (χ0n) is 25.4. The summed E-state index contributed by atoms with van der Waals surface area (Å²) >= 11 is 0. The van der Waals surface area contributed by atoms with Gasteiger partial charge in [0.25, 0.3) is 0 Å². The second-order valence-corrected chi connectivity index (χ2v) is 11.1. The molecule has 0 heterocycles. The molecule has 0 saturated carbocycles. The Kier molecular flexibility index (Phi) is 11.5. The van der Waals surface area contributed by atoms with E-state index in [1.54, 1.807) is 6.92 Å². The molecule has 0 radical (unpaired) electrons. The number of benzene rings is 4. The Morgan fingerprint density at radius 3 is 2.09 bits per heavy atom. The van der Waals surface area contributed by atoms with Gasteiger partial charge in [0.1, 0.15) is 12.6 Å². The monoisotopic (exact) mass is 596 g/mol. The fourth-order valence-electron chi connectivity index (χ4n) is 4.90. The van der Waals surface area contributed by atoms with E-state index in [1.807, 2.05) is 80.6 Å². The second-order valence-electron chi connectivity index (χ2n) is 11.1. The predicted octanol–water partition coefficient (Wildman–Crippen LogP) is 5.75. The number of esters is 2. The summed E-state index contributed by atoms with van der Waals surface area (Å²) in [6, 6.07) is 29.9. The summed E-state index contributed by atoms with van der Waals surface area (Å²) in [4.78, 5) is 40.2.